The largest absolute Gasteiger partial charge is 0.411 e. The van der Waals surface area contributed by atoms with Crippen molar-refractivity contribution in [1.82, 2.24) is 9.80 Å². The first kappa shape index (κ1) is 12.6. The molecule has 0 aromatic carbocycles. The average Bonchev–Trinajstić information content (AvgIpc) is 2.56. The van der Waals surface area contributed by atoms with Crippen LogP contribution in [0, 0.1) is 0 Å². The molecule has 1 heterocycles. The first-order valence-electron chi connectivity index (χ1n) is 5.21. The highest BCUT2D eigenvalue weighted by molar-refractivity contribution is 5.64. The fraction of sp³-hybridized carbons (Fsp3) is 0.545. The van der Waals surface area contributed by atoms with Crippen molar-refractivity contribution >= 4 is 6.21 Å². The molecule has 5 heteroatoms. The zero-order valence-electron chi connectivity index (χ0n) is 9.83. The molecule has 0 bridgehead atoms. The third kappa shape index (κ3) is 3.58. The van der Waals surface area contributed by atoms with Crippen LogP contribution in [0.4, 0.5) is 0 Å². The number of hydrogen-bond acceptors (Lipinski definition) is 5. The molecule has 5 nitrogen and oxygen atoms in total. The Labute approximate surface area is 96.3 Å². The maximum atomic E-state index is 8.54. The lowest BCUT2D eigenvalue weighted by molar-refractivity contribution is 0.0360. The maximum absolute atomic E-state index is 8.54. The highest BCUT2D eigenvalue weighted by Gasteiger charge is 2.21. The van der Waals surface area contributed by atoms with Gasteiger partial charge in [-0.1, -0.05) is 10.7 Å². The van der Waals surface area contributed by atoms with E-state index < -0.39 is 0 Å². The summed E-state index contributed by atoms with van der Waals surface area (Å²) >= 11 is 0. The van der Waals surface area contributed by atoms with Gasteiger partial charge in [-0.2, -0.15) is 0 Å². The van der Waals surface area contributed by atoms with Crippen LogP contribution < -0.4 is 0 Å². The van der Waals surface area contributed by atoms with Crippen LogP contribution in [-0.2, 0) is 4.74 Å². The molecule has 0 spiro atoms. The van der Waals surface area contributed by atoms with Crippen LogP contribution >= 0.6 is 0 Å². The predicted octanol–water partition coefficient (Wildman–Crippen LogP) is 1.43. The van der Waals surface area contributed by atoms with Gasteiger partial charge >= 0.3 is 0 Å². The van der Waals surface area contributed by atoms with Crippen LogP contribution in [0.3, 0.4) is 0 Å². The Morgan fingerprint density at radius 2 is 2.38 bits per heavy atom. The smallest absolute Gasteiger partial charge is 0.142 e. The molecule has 1 unspecified atom stereocenters. The minimum Gasteiger partial charge on any atom is -0.411 e. The molecule has 1 aliphatic heterocycles. The predicted molar refractivity (Wildman–Crippen MR) is 63.1 cm³/mol. The zero-order chi connectivity index (χ0) is 12.0. The fourth-order valence-electron chi connectivity index (χ4n) is 1.39. The summed E-state index contributed by atoms with van der Waals surface area (Å²) in [5, 5.41) is 11.6. The van der Waals surface area contributed by atoms with Gasteiger partial charge in [-0.25, -0.2) is 0 Å². The van der Waals surface area contributed by atoms with E-state index in [2.05, 4.69) is 11.7 Å². The van der Waals surface area contributed by atoms with Crippen molar-refractivity contribution in [2.24, 2.45) is 5.16 Å². The fourth-order valence-corrected chi connectivity index (χ4v) is 1.39. The monoisotopic (exact) mass is 225 g/mol. The average molecular weight is 225 g/mol. The van der Waals surface area contributed by atoms with Crippen molar-refractivity contribution in [3.05, 3.63) is 24.6 Å². The molecule has 0 aromatic heterocycles. The van der Waals surface area contributed by atoms with Crippen LogP contribution in [0.5, 0.6) is 0 Å². The Kier molecular flexibility index (Phi) is 4.85. The minimum atomic E-state index is -0.0742. The summed E-state index contributed by atoms with van der Waals surface area (Å²) in [5.74, 6) is 0. The lowest BCUT2D eigenvalue weighted by atomic mass is 10.3. The van der Waals surface area contributed by atoms with Gasteiger partial charge in [-0.15, -0.1) is 6.58 Å². The van der Waals surface area contributed by atoms with E-state index in [1.807, 2.05) is 36.2 Å². The number of hydrogen-bond donors (Lipinski definition) is 1. The van der Waals surface area contributed by atoms with Crippen LogP contribution in [0.15, 0.2) is 29.7 Å². The van der Waals surface area contributed by atoms with E-state index in [4.69, 9.17) is 9.94 Å². The summed E-state index contributed by atoms with van der Waals surface area (Å²) in [6.45, 7) is 6.93. The van der Waals surface area contributed by atoms with Gasteiger partial charge in [-0.3, -0.25) is 0 Å². The Balaban J connectivity index is 2.30. The second-order valence-electron chi connectivity index (χ2n) is 3.90. The van der Waals surface area contributed by atoms with Gasteiger partial charge in [0.15, 0.2) is 0 Å². The summed E-state index contributed by atoms with van der Waals surface area (Å²) in [7, 11) is 1.91. The van der Waals surface area contributed by atoms with E-state index in [1.165, 1.54) is 6.21 Å². The summed E-state index contributed by atoms with van der Waals surface area (Å²) in [6, 6.07) is 0. The lowest BCUT2D eigenvalue weighted by Gasteiger charge is -2.26. The van der Waals surface area contributed by atoms with Gasteiger partial charge in [0.1, 0.15) is 12.9 Å². The van der Waals surface area contributed by atoms with Gasteiger partial charge < -0.3 is 19.7 Å². The highest BCUT2D eigenvalue weighted by atomic mass is 16.5. The molecule has 1 aliphatic rings. The first-order valence-corrected chi connectivity index (χ1v) is 5.21. The molecule has 1 atom stereocenters. The number of ether oxygens (including phenoxy) is 1. The summed E-state index contributed by atoms with van der Waals surface area (Å²) < 4.78 is 5.50. The van der Waals surface area contributed by atoms with Gasteiger partial charge in [0.2, 0.25) is 0 Å². The van der Waals surface area contributed by atoms with Crippen molar-refractivity contribution in [1.29, 1.82) is 0 Å². The van der Waals surface area contributed by atoms with Crippen LogP contribution in [0.25, 0.3) is 0 Å². The lowest BCUT2D eigenvalue weighted by Crippen LogP contribution is -2.39. The van der Waals surface area contributed by atoms with E-state index in [-0.39, 0.29) is 6.17 Å². The van der Waals surface area contributed by atoms with Crippen molar-refractivity contribution in [3.63, 3.8) is 0 Å². The Hall–Kier alpha value is -1.49. The normalized spacial score (nSPS) is 20.0. The summed E-state index contributed by atoms with van der Waals surface area (Å²) in [6.07, 6.45) is 6.07. The molecule has 0 amide bonds. The molecule has 1 rings (SSSR count). The number of rotatable bonds is 6. The standard InChI is InChI=1S/C11H19N3O2/c1-10(2)4-7-16-9-14-6-5-13(3)11(14)8-12-15/h5-6,8,11,15H,1,4,7,9H2,2-3H3/b12-8-. The van der Waals surface area contributed by atoms with E-state index in [9.17, 15) is 0 Å². The SMILES string of the molecule is C=C(C)CCOCN1C=CN(C)C1/C=N\O. The molecule has 1 N–H and O–H groups in total. The molecule has 0 aromatic rings. The van der Waals surface area contributed by atoms with Gasteiger partial charge in [0.25, 0.3) is 0 Å². The van der Waals surface area contributed by atoms with Crippen LogP contribution in [0.1, 0.15) is 13.3 Å². The molecular weight excluding hydrogens is 206 g/mol. The third-order valence-corrected chi connectivity index (χ3v) is 2.36. The van der Waals surface area contributed by atoms with Gasteiger partial charge in [-0.05, 0) is 13.3 Å². The second-order valence-corrected chi connectivity index (χ2v) is 3.90. The number of oxime groups is 1. The molecule has 16 heavy (non-hydrogen) atoms. The van der Waals surface area contributed by atoms with E-state index in [0.29, 0.717) is 13.3 Å². The molecule has 0 radical (unpaired) electrons. The van der Waals surface area contributed by atoms with E-state index >= 15 is 0 Å². The van der Waals surface area contributed by atoms with Crippen molar-refractivity contribution in [2.45, 2.75) is 19.5 Å². The molecule has 90 valence electrons. The quantitative estimate of drug-likeness (QED) is 0.244. The van der Waals surface area contributed by atoms with Crippen LogP contribution in [-0.4, -0.2) is 47.8 Å². The Bertz CT molecular complexity index is 289. The summed E-state index contributed by atoms with van der Waals surface area (Å²) in [5.41, 5.74) is 1.11. The molecule has 0 aliphatic carbocycles. The third-order valence-electron chi connectivity index (χ3n) is 2.36. The van der Waals surface area contributed by atoms with Crippen molar-refractivity contribution < 1.29 is 9.94 Å². The van der Waals surface area contributed by atoms with Gasteiger partial charge in [0, 0.05) is 19.4 Å². The topological polar surface area (TPSA) is 48.3 Å². The number of nitrogens with zero attached hydrogens (tertiary/aromatic N) is 3. The Morgan fingerprint density at radius 3 is 3.00 bits per heavy atom. The molecule has 0 saturated heterocycles. The van der Waals surface area contributed by atoms with Crippen molar-refractivity contribution in [2.75, 3.05) is 20.4 Å². The highest BCUT2D eigenvalue weighted by Crippen LogP contribution is 2.12. The van der Waals surface area contributed by atoms with Gasteiger partial charge in [0.05, 0.1) is 12.8 Å². The minimum absolute atomic E-state index is 0.0742. The zero-order valence-corrected chi connectivity index (χ0v) is 9.83. The molecule has 0 saturated carbocycles. The van der Waals surface area contributed by atoms with E-state index in [1.54, 1.807) is 0 Å². The summed E-state index contributed by atoms with van der Waals surface area (Å²) in [4.78, 5) is 3.87. The molecular formula is C11H19N3O2. The Morgan fingerprint density at radius 1 is 1.62 bits per heavy atom. The first-order chi connectivity index (χ1) is 7.65. The van der Waals surface area contributed by atoms with Crippen molar-refractivity contribution in [3.8, 4) is 0 Å². The maximum Gasteiger partial charge on any atom is 0.142 e. The second kappa shape index (κ2) is 6.17. The molecule has 0 fully saturated rings. The van der Waals surface area contributed by atoms with Crippen LogP contribution in [0.2, 0.25) is 0 Å². The van der Waals surface area contributed by atoms with E-state index in [0.717, 1.165) is 12.0 Å².